The molecule has 3 nitrogen and oxygen atoms in total. The van der Waals surface area contributed by atoms with Gasteiger partial charge in [-0.3, -0.25) is 4.98 Å². The standard InChI is InChI=1S/C15H21N3/c1-3-5-12(4-2)18-14-7-6-11-10-17-9-8-13(11)15(14)16/h6-10,12,18H,3-5,16H2,1-2H3. The van der Waals surface area contributed by atoms with Crippen molar-refractivity contribution in [3.05, 3.63) is 30.6 Å². The van der Waals surface area contributed by atoms with Gasteiger partial charge in [-0.15, -0.1) is 0 Å². The third-order valence-electron chi connectivity index (χ3n) is 3.35. The fourth-order valence-corrected chi connectivity index (χ4v) is 2.27. The van der Waals surface area contributed by atoms with Gasteiger partial charge in [0.1, 0.15) is 0 Å². The third-order valence-corrected chi connectivity index (χ3v) is 3.35. The molecule has 0 bridgehead atoms. The Balaban J connectivity index is 2.31. The summed E-state index contributed by atoms with van der Waals surface area (Å²) in [5.41, 5.74) is 8.09. The monoisotopic (exact) mass is 243 g/mol. The van der Waals surface area contributed by atoms with Crippen molar-refractivity contribution in [3.63, 3.8) is 0 Å². The average molecular weight is 243 g/mol. The highest BCUT2D eigenvalue weighted by Gasteiger charge is 2.09. The van der Waals surface area contributed by atoms with Crippen molar-refractivity contribution in [2.45, 2.75) is 39.2 Å². The Morgan fingerprint density at radius 1 is 1.28 bits per heavy atom. The molecule has 0 radical (unpaired) electrons. The Morgan fingerprint density at radius 2 is 2.11 bits per heavy atom. The summed E-state index contributed by atoms with van der Waals surface area (Å²) < 4.78 is 0. The van der Waals surface area contributed by atoms with E-state index in [0.717, 1.165) is 28.6 Å². The number of benzene rings is 1. The normalized spacial score (nSPS) is 12.6. The maximum atomic E-state index is 6.23. The van der Waals surface area contributed by atoms with Crippen LogP contribution in [-0.2, 0) is 0 Å². The zero-order chi connectivity index (χ0) is 13.0. The van der Waals surface area contributed by atoms with Gasteiger partial charge in [0, 0.05) is 29.2 Å². The number of anilines is 2. The first kappa shape index (κ1) is 12.7. The van der Waals surface area contributed by atoms with Gasteiger partial charge >= 0.3 is 0 Å². The smallest absolute Gasteiger partial charge is 0.0630 e. The summed E-state index contributed by atoms with van der Waals surface area (Å²) in [5, 5.41) is 5.70. The molecule has 1 heterocycles. The molecule has 0 saturated carbocycles. The van der Waals surface area contributed by atoms with E-state index in [-0.39, 0.29) is 0 Å². The molecule has 18 heavy (non-hydrogen) atoms. The van der Waals surface area contributed by atoms with Crippen LogP contribution in [0.1, 0.15) is 33.1 Å². The lowest BCUT2D eigenvalue weighted by Crippen LogP contribution is -2.18. The summed E-state index contributed by atoms with van der Waals surface area (Å²) in [6, 6.07) is 6.59. The molecule has 0 saturated heterocycles. The van der Waals surface area contributed by atoms with Gasteiger partial charge in [0.25, 0.3) is 0 Å². The van der Waals surface area contributed by atoms with Gasteiger partial charge in [0.05, 0.1) is 11.4 Å². The van der Waals surface area contributed by atoms with Crippen LogP contribution in [0.25, 0.3) is 10.8 Å². The van der Waals surface area contributed by atoms with Crippen molar-refractivity contribution >= 4 is 22.1 Å². The van der Waals surface area contributed by atoms with Gasteiger partial charge in [0.15, 0.2) is 0 Å². The minimum Gasteiger partial charge on any atom is -0.397 e. The molecule has 1 unspecified atom stereocenters. The van der Waals surface area contributed by atoms with Gasteiger partial charge in [-0.1, -0.05) is 26.3 Å². The van der Waals surface area contributed by atoms with Gasteiger partial charge < -0.3 is 11.1 Å². The van der Waals surface area contributed by atoms with Crippen molar-refractivity contribution in [1.82, 2.24) is 4.98 Å². The summed E-state index contributed by atoms with van der Waals surface area (Å²) in [6.45, 7) is 4.41. The van der Waals surface area contributed by atoms with Gasteiger partial charge in [-0.2, -0.15) is 0 Å². The van der Waals surface area contributed by atoms with Gasteiger partial charge in [0.2, 0.25) is 0 Å². The molecular weight excluding hydrogens is 222 g/mol. The number of rotatable bonds is 5. The number of fused-ring (bicyclic) bond motifs is 1. The summed E-state index contributed by atoms with van der Waals surface area (Å²) in [7, 11) is 0. The average Bonchev–Trinajstić information content (AvgIpc) is 2.41. The van der Waals surface area contributed by atoms with E-state index in [4.69, 9.17) is 5.73 Å². The van der Waals surface area contributed by atoms with Gasteiger partial charge in [-0.05, 0) is 25.0 Å². The predicted molar refractivity (Wildman–Crippen MR) is 78.8 cm³/mol. The molecule has 2 aromatic rings. The Hall–Kier alpha value is -1.77. The number of nitrogens with zero attached hydrogens (tertiary/aromatic N) is 1. The van der Waals surface area contributed by atoms with Crippen LogP contribution in [0.2, 0.25) is 0 Å². The lowest BCUT2D eigenvalue weighted by atomic mass is 10.1. The molecule has 96 valence electrons. The van der Waals surface area contributed by atoms with Crippen LogP contribution in [0.5, 0.6) is 0 Å². The van der Waals surface area contributed by atoms with Crippen molar-refractivity contribution in [2.24, 2.45) is 0 Å². The number of nitrogens with one attached hydrogen (secondary N) is 1. The van der Waals surface area contributed by atoms with Crippen LogP contribution in [0.15, 0.2) is 30.6 Å². The van der Waals surface area contributed by atoms with E-state index in [1.54, 1.807) is 6.20 Å². The quantitative estimate of drug-likeness (QED) is 0.785. The van der Waals surface area contributed by atoms with E-state index in [1.807, 2.05) is 12.3 Å². The van der Waals surface area contributed by atoms with Crippen LogP contribution in [0.3, 0.4) is 0 Å². The molecule has 1 aromatic heterocycles. The fraction of sp³-hybridized carbons (Fsp3) is 0.400. The molecule has 2 rings (SSSR count). The Labute approximate surface area is 108 Å². The Morgan fingerprint density at radius 3 is 2.83 bits per heavy atom. The van der Waals surface area contributed by atoms with E-state index in [2.05, 4.69) is 36.3 Å². The molecule has 1 atom stereocenters. The fourth-order valence-electron chi connectivity index (χ4n) is 2.27. The van der Waals surface area contributed by atoms with E-state index in [1.165, 1.54) is 12.8 Å². The largest absolute Gasteiger partial charge is 0.397 e. The van der Waals surface area contributed by atoms with Crippen molar-refractivity contribution < 1.29 is 0 Å². The van der Waals surface area contributed by atoms with E-state index in [0.29, 0.717) is 6.04 Å². The highest BCUT2D eigenvalue weighted by atomic mass is 14.9. The lowest BCUT2D eigenvalue weighted by molar-refractivity contribution is 0.623. The summed E-state index contributed by atoms with van der Waals surface area (Å²) in [4.78, 5) is 4.11. The predicted octanol–water partition coefficient (Wildman–Crippen LogP) is 3.81. The first-order chi connectivity index (χ1) is 8.76. The Bertz CT molecular complexity index is 522. The zero-order valence-electron chi connectivity index (χ0n) is 11.1. The molecule has 0 fully saturated rings. The highest BCUT2D eigenvalue weighted by molar-refractivity contribution is 5.98. The summed E-state index contributed by atoms with van der Waals surface area (Å²) >= 11 is 0. The lowest BCUT2D eigenvalue weighted by Gasteiger charge is -2.19. The van der Waals surface area contributed by atoms with E-state index >= 15 is 0 Å². The number of hydrogen-bond acceptors (Lipinski definition) is 3. The van der Waals surface area contributed by atoms with Crippen molar-refractivity contribution in [1.29, 1.82) is 0 Å². The number of nitrogens with two attached hydrogens (primary N) is 1. The SMILES string of the molecule is CCCC(CC)Nc1ccc2cnccc2c1N. The number of nitrogen functional groups attached to an aromatic ring is 1. The molecule has 0 aliphatic carbocycles. The summed E-state index contributed by atoms with van der Waals surface area (Å²) in [5.74, 6) is 0. The topological polar surface area (TPSA) is 50.9 Å². The second kappa shape index (κ2) is 5.71. The number of pyridine rings is 1. The summed E-state index contributed by atoms with van der Waals surface area (Å²) in [6.07, 6.45) is 7.10. The molecule has 3 N–H and O–H groups in total. The first-order valence-electron chi connectivity index (χ1n) is 6.65. The van der Waals surface area contributed by atoms with Crippen molar-refractivity contribution in [3.8, 4) is 0 Å². The maximum absolute atomic E-state index is 6.23. The minimum atomic E-state index is 0.497. The molecular formula is C15H21N3. The van der Waals surface area contributed by atoms with Crippen LogP contribution in [0.4, 0.5) is 11.4 Å². The molecule has 0 amide bonds. The molecule has 1 aromatic carbocycles. The second-order valence-electron chi connectivity index (χ2n) is 4.66. The third kappa shape index (κ3) is 2.55. The molecule has 0 aliphatic rings. The van der Waals surface area contributed by atoms with Crippen LogP contribution in [-0.4, -0.2) is 11.0 Å². The second-order valence-corrected chi connectivity index (χ2v) is 4.66. The van der Waals surface area contributed by atoms with Crippen LogP contribution in [0, 0.1) is 0 Å². The van der Waals surface area contributed by atoms with E-state index < -0.39 is 0 Å². The molecule has 0 aliphatic heterocycles. The van der Waals surface area contributed by atoms with Gasteiger partial charge in [-0.25, -0.2) is 0 Å². The minimum absolute atomic E-state index is 0.497. The van der Waals surface area contributed by atoms with Crippen molar-refractivity contribution in [2.75, 3.05) is 11.1 Å². The number of hydrogen-bond donors (Lipinski definition) is 2. The molecule has 3 heteroatoms. The van der Waals surface area contributed by atoms with Crippen LogP contribution < -0.4 is 11.1 Å². The Kier molecular flexibility index (Phi) is 4.03. The maximum Gasteiger partial charge on any atom is 0.0630 e. The zero-order valence-corrected chi connectivity index (χ0v) is 11.1. The first-order valence-corrected chi connectivity index (χ1v) is 6.65. The highest BCUT2D eigenvalue weighted by Crippen LogP contribution is 2.29. The number of aromatic nitrogens is 1. The van der Waals surface area contributed by atoms with E-state index in [9.17, 15) is 0 Å². The van der Waals surface area contributed by atoms with Crippen LogP contribution >= 0.6 is 0 Å². The molecule has 0 spiro atoms.